The van der Waals surface area contributed by atoms with E-state index in [2.05, 4.69) is 40.5 Å². The fourth-order valence-electron chi connectivity index (χ4n) is 1.44. The highest BCUT2D eigenvalue weighted by Crippen LogP contribution is 2.20. The smallest absolute Gasteiger partial charge is 0.204 e. The van der Waals surface area contributed by atoms with Gasteiger partial charge in [-0.3, -0.25) is 0 Å². The second kappa shape index (κ2) is 5.10. The summed E-state index contributed by atoms with van der Waals surface area (Å²) in [4.78, 5) is 6.71. The van der Waals surface area contributed by atoms with Gasteiger partial charge in [-0.1, -0.05) is 13.8 Å². The van der Waals surface area contributed by atoms with Gasteiger partial charge in [0.05, 0.1) is 0 Å². The number of rotatable bonds is 6. The van der Waals surface area contributed by atoms with E-state index in [0.29, 0.717) is 5.92 Å². The summed E-state index contributed by atoms with van der Waals surface area (Å²) < 4.78 is 4.36. The highest BCUT2D eigenvalue weighted by Gasteiger charge is 2.20. The fraction of sp³-hybridized carbons (Fsp3) is 0.818. The van der Waals surface area contributed by atoms with Crippen molar-refractivity contribution in [3.63, 3.8) is 0 Å². The Labute approximate surface area is 101 Å². The van der Waals surface area contributed by atoms with Gasteiger partial charge in [0.15, 0.2) is 0 Å². The number of nitrogens with one attached hydrogen (secondary N) is 1. The minimum absolute atomic E-state index is 0.419. The van der Waals surface area contributed by atoms with Crippen LogP contribution in [0.3, 0.4) is 0 Å². The molecule has 1 aliphatic carbocycles. The highest BCUT2D eigenvalue weighted by atomic mass is 32.1. The van der Waals surface area contributed by atoms with Crippen LogP contribution in [0.2, 0.25) is 0 Å². The van der Waals surface area contributed by atoms with Crippen LogP contribution < -0.4 is 10.2 Å². The number of likely N-dealkylation sites (N-methyl/N-ethyl adjacent to an activating group) is 1. The Kier molecular flexibility index (Phi) is 3.76. The molecule has 1 heterocycles. The van der Waals surface area contributed by atoms with Gasteiger partial charge < -0.3 is 10.2 Å². The Morgan fingerprint density at radius 2 is 2.25 bits per heavy atom. The van der Waals surface area contributed by atoms with Gasteiger partial charge in [0.1, 0.15) is 5.82 Å². The second-order valence-electron chi connectivity index (χ2n) is 4.74. The summed E-state index contributed by atoms with van der Waals surface area (Å²) in [5.74, 6) is 1.38. The molecule has 1 aliphatic rings. The van der Waals surface area contributed by atoms with Gasteiger partial charge in [-0.05, 0) is 12.8 Å². The Bertz CT molecular complexity index is 332. The first kappa shape index (κ1) is 11.8. The molecule has 90 valence electrons. The van der Waals surface area contributed by atoms with Crippen molar-refractivity contribution in [2.45, 2.75) is 38.6 Å². The Balaban J connectivity index is 1.79. The van der Waals surface area contributed by atoms with Crippen molar-refractivity contribution in [2.75, 3.05) is 25.0 Å². The second-order valence-corrected chi connectivity index (χ2v) is 5.47. The van der Waals surface area contributed by atoms with Gasteiger partial charge in [-0.2, -0.15) is 4.37 Å². The third-order valence-electron chi connectivity index (χ3n) is 2.73. The predicted molar refractivity (Wildman–Crippen MR) is 68.3 cm³/mol. The van der Waals surface area contributed by atoms with Crippen molar-refractivity contribution in [1.82, 2.24) is 14.7 Å². The summed E-state index contributed by atoms with van der Waals surface area (Å²) in [6.45, 7) is 6.29. The Morgan fingerprint density at radius 1 is 1.50 bits per heavy atom. The van der Waals surface area contributed by atoms with Gasteiger partial charge in [-0.25, -0.2) is 4.98 Å². The molecule has 0 spiro atoms. The van der Waals surface area contributed by atoms with Crippen LogP contribution in [-0.4, -0.2) is 35.5 Å². The number of nitrogens with zero attached hydrogens (tertiary/aromatic N) is 3. The summed E-state index contributed by atoms with van der Waals surface area (Å²) in [6.07, 6.45) is 2.69. The summed E-state index contributed by atoms with van der Waals surface area (Å²) in [5.41, 5.74) is 0. The van der Waals surface area contributed by atoms with Crippen LogP contribution in [-0.2, 0) is 0 Å². The number of aromatic nitrogens is 2. The zero-order valence-electron chi connectivity index (χ0n) is 10.2. The molecule has 0 atom stereocenters. The zero-order chi connectivity index (χ0) is 11.5. The minimum atomic E-state index is 0.419. The molecule has 0 radical (unpaired) electrons. The Hall–Kier alpha value is -0.680. The molecule has 0 aliphatic heterocycles. The molecule has 0 bridgehead atoms. The number of hydrogen-bond donors (Lipinski definition) is 1. The monoisotopic (exact) mass is 240 g/mol. The summed E-state index contributed by atoms with van der Waals surface area (Å²) in [6, 6.07) is 0.786. The van der Waals surface area contributed by atoms with Crippen LogP contribution in [0.25, 0.3) is 0 Å². The molecule has 16 heavy (non-hydrogen) atoms. The number of anilines is 1. The van der Waals surface area contributed by atoms with Gasteiger partial charge in [0.25, 0.3) is 0 Å². The first-order valence-electron chi connectivity index (χ1n) is 5.95. The molecule has 4 nitrogen and oxygen atoms in total. The molecule has 1 N–H and O–H groups in total. The van der Waals surface area contributed by atoms with E-state index in [4.69, 9.17) is 0 Å². The van der Waals surface area contributed by atoms with Crippen LogP contribution in [0.15, 0.2) is 0 Å². The van der Waals surface area contributed by atoms with Crippen LogP contribution >= 0.6 is 11.5 Å². The lowest BCUT2D eigenvalue weighted by atomic mass is 10.2. The number of hydrogen-bond acceptors (Lipinski definition) is 5. The maximum absolute atomic E-state index is 4.53. The van der Waals surface area contributed by atoms with Gasteiger partial charge in [0, 0.05) is 43.6 Å². The highest BCUT2D eigenvalue weighted by molar-refractivity contribution is 7.09. The molecule has 0 amide bonds. The van der Waals surface area contributed by atoms with Crippen molar-refractivity contribution >= 4 is 16.7 Å². The van der Waals surface area contributed by atoms with E-state index in [1.165, 1.54) is 24.4 Å². The van der Waals surface area contributed by atoms with E-state index < -0.39 is 0 Å². The molecule has 5 heteroatoms. The van der Waals surface area contributed by atoms with E-state index in [1.54, 1.807) is 0 Å². The molecule has 1 aromatic heterocycles. The molecule has 0 saturated heterocycles. The third-order valence-corrected chi connectivity index (χ3v) is 3.58. The van der Waals surface area contributed by atoms with Crippen LogP contribution in [0.5, 0.6) is 0 Å². The quantitative estimate of drug-likeness (QED) is 0.824. The van der Waals surface area contributed by atoms with E-state index in [-0.39, 0.29) is 0 Å². The average molecular weight is 240 g/mol. The Morgan fingerprint density at radius 3 is 2.81 bits per heavy atom. The standard InChI is InChI=1S/C11H20N4S/c1-8(2)10-13-11(16-14-10)15(3)7-6-12-9-4-5-9/h8-9,12H,4-7H2,1-3H3. The van der Waals surface area contributed by atoms with Crippen LogP contribution in [0.4, 0.5) is 5.13 Å². The van der Waals surface area contributed by atoms with E-state index >= 15 is 0 Å². The lowest BCUT2D eigenvalue weighted by Crippen LogP contribution is -2.30. The van der Waals surface area contributed by atoms with Crippen molar-refractivity contribution in [1.29, 1.82) is 0 Å². The van der Waals surface area contributed by atoms with E-state index in [9.17, 15) is 0 Å². The van der Waals surface area contributed by atoms with Gasteiger partial charge >= 0.3 is 0 Å². The zero-order valence-corrected chi connectivity index (χ0v) is 11.0. The molecule has 1 saturated carbocycles. The van der Waals surface area contributed by atoms with Crippen LogP contribution in [0, 0.1) is 0 Å². The average Bonchev–Trinajstić information content (AvgIpc) is 2.93. The first-order chi connectivity index (χ1) is 7.66. The van der Waals surface area contributed by atoms with E-state index in [1.807, 2.05) is 0 Å². The van der Waals surface area contributed by atoms with Crippen molar-refractivity contribution in [3.05, 3.63) is 5.82 Å². The van der Waals surface area contributed by atoms with Crippen molar-refractivity contribution in [3.8, 4) is 0 Å². The lowest BCUT2D eigenvalue weighted by molar-refractivity contribution is 0.673. The summed E-state index contributed by atoms with van der Waals surface area (Å²) >= 11 is 1.50. The van der Waals surface area contributed by atoms with Crippen LogP contribution in [0.1, 0.15) is 38.4 Å². The normalized spacial score (nSPS) is 15.8. The maximum atomic E-state index is 4.53. The van der Waals surface area contributed by atoms with Crippen molar-refractivity contribution < 1.29 is 0 Å². The van der Waals surface area contributed by atoms with Gasteiger partial charge in [-0.15, -0.1) is 0 Å². The SMILES string of the molecule is CC(C)c1nsc(N(C)CCNC2CC2)n1. The predicted octanol–water partition coefficient (Wildman–Crippen LogP) is 1.85. The molecular weight excluding hydrogens is 220 g/mol. The summed E-state index contributed by atoms with van der Waals surface area (Å²) in [7, 11) is 2.08. The molecule has 1 aromatic rings. The largest absolute Gasteiger partial charge is 0.349 e. The molecular formula is C11H20N4S. The molecule has 0 aromatic carbocycles. The third kappa shape index (κ3) is 3.15. The fourth-order valence-corrected chi connectivity index (χ4v) is 2.23. The van der Waals surface area contributed by atoms with Crippen molar-refractivity contribution in [2.24, 2.45) is 0 Å². The van der Waals surface area contributed by atoms with Gasteiger partial charge in [0.2, 0.25) is 5.13 Å². The maximum Gasteiger partial charge on any atom is 0.204 e. The van der Waals surface area contributed by atoms with E-state index in [0.717, 1.165) is 30.1 Å². The first-order valence-corrected chi connectivity index (χ1v) is 6.72. The lowest BCUT2D eigenvalue weighted by Gasteiger charge is -2.15. The molecule has 1 fully saturated rings. The minimum Gasteiger partial charge on any atom is -0.349 e. The summed E-state index contributed by atoms with van der Waals surface area (Å²) in [5, 5.41) is 4.53. The topological polar surface area (TPSA) is 41.1 Å². The molecule has 2 rings (SSSR count). The molecule has 0 unspecified atom stereocenters.